The predicted molar refractivity (Wildman–Crippen MR) is 50.3 cm³/mol. The number of alkyl halides is 3. The number of halogens is 3. The highest BCUT2D eigenvalue weighted by Gasteiger charge is 2.27. The molecule has 7 heteroatoms. The molecule has 0 aromatic carbocycles. The van der Waals surface area contributed by atoms with Crippen LogP contribution in [0.25, 0.3) is 0 Å². The first kappa shape index (κ1) is 12.8. The molecule has 0 saturated heterocycles. The average molecular weight is 238 g/mol. The first-order valence-corrected chi connectivity index (χ1v) is 4.66. The third-order valence-corrected chi connectivity index (χ3v) is 1.83. The van der Waals surface area contributed by atoms with Crippen molar-refractivity contribution in [3.05, 3.63) is 11.8 Å². The van der Waals surface area contributed by atoms with Crippen LogP contribution < -0.4 is 4.74 Å². The van der Waals surface area contributed by atoms with Crippen molar-refractivity contribution in [1.82, 2.24) is 9.78 Å². The Morgan fingerprint density at radius 2 is 2.06 bits per heavy atom. The van der Waals surface area contributed by atoms with Crippen molar-refractivity contribution in [2.45, 2.75) is 13.1 Å². The Bertz CT molecular complexity index is 316. The van der Waals surface area contributed by atoms with E-state index >= 15 is 0 Å². The molecule has 0 bridgehead atoms. The number of hydrogen-bond acceptors (Lipinski definition) is 3. The van der Waals surface area contributed by atoms with Gasteiger partial charge in [-0.2, -0.15) is 13.2 Å². The van der Waals surface area contributed by atoms with E-state index in [1.807, 2.05) is 6.92 Å². The third kappa shape index (κ3) is 4.52. The van der Waals surface area contributed by atoms with E-state index in [4.69, 9.17) is 4.74 Å². The van der Waals surface area contributed by atoms with Crippen LogP contribution in [0.15, 0.2) is 6.07 Å². The minimum atomic E-state index is -4.29. The Morgan fingerprint density at radius 3 is 2.56 bits per heavy atom. The number of aryl methyl sites for hydroxylation is 2. The molecule has 1 aromatic rings. The molecule has 0 amide bonds. The van der Waals surface area contributed by atoms with E-state index in [1.54, 1.807) is 17.8 Å². The summed E-state index contributed by atoms with van der Waals surface area (Å²) in [7, 11) is 1.75. The lowest BCUT2D eigenvalue weighted by Gasteiger charge is -2.07. The minimum absolute atomic E-state index is 0.0481. The van der Waals surface area contributed by atoms with Gasteiger partial charge in [0.15, 0.2) is 0 Å². The van der Waals surface area contributed by atoms with Crippen molar-refractivity contribution < 1.29 is 22.6 Å². The van der Waals surface area contributed by atoms with Gasteiger partial charge in [-0.3, -0.25) is 4.68 Å². The molecular weight excluding hydrogens is 225 g/mol. The van der Waals surface area contributed by atoms with Gasteiger partial charge in [-0.05, 0) is 6.92 Å². The van der Waals surface area contributed by atoms with Crippen LogP contribution in [0.3, 0.4) is 0 Å². The van der Waals surface area contributed by atoms with Gasteiger partial charge >= 0.3 is 6.18 Å². The van der Waals surface area contributed by atoms with Crippen LogP contribution in [0.5, 0.6) is 5.88 Å². The first-order valence-electron chi connectivity index (χ1n) is 4.66. The molecular formula is C9H13F3N2O2. The van der Waals surface area contributed by atoms with Crippen LogP contribution in [-0.2, 0) is 11.8 Å². The van der Waals surface area contributed by atoms with Gasteiger partial charge in [-0.1, -0.05) is 0 Å². The fourth-order valence-electron chi connectivity index (χ4n) is 0.991. The van der Waals surface area contributed by atoms with E-state index in [9.17, 15) is 13.2 Å². The fraction of sp³-hybridized carbons (Fsp3) is 0.667. The first-order chi connectivity index (χ1) is 7.38. The molecule has 4 nitrogen and oxygen atoms in total. The maximum Gasteiger partial charge on any atom is 0.411 e. The van der Waals surface area contributed by atoms with Crippen LogP contribution in [0, 0.1) is 6.92 Å². The number of rotatable bonds is 5. The fourth-order valence-corrected chi connectivity index (χ4v) is 0.991. The maximum absolute atomic E-state index is 11.7. The van der Waals surface area contributed by atoms with Crippen molar-refractivity contribution in [2.24, 2.45) is 7.05 Å². The predicted octanol–water partition coefficient (Wildman–Crippen LogP) is 1.69. The number of aromatic nitrogens is 2. The zero-order valence-electron chi connectivity index (χ0n) is 9.04. The van der Waals surface area contributed by atoms with Crippen molar-refractivity contribution >= 4 is 0 Å². The number of nitrogens with zero attached hydrogens (tertiary/aromatic N) is 2. The van der Waals surface area contributed by atoms with Crippen LogP contribution in [0.1, 0.15) is 5.69 Å². The van der Waals surface area contributed by atoms with E-state index in [-0.39, 0.29) is 13.2 Å². The zero-order valence-corrected chi connectivity index (χ0v) is 9.04. The lowest BCUT2D eigenvalue weighted by atomic mass is 10.5. The van der Waals surface area contributed by atoms with Crippen LogP contribution >= 0.6 is 0 Å². The Kier molecular flexibility index (Phi) is 4.17. The molecule has 0 spiro atoms. The van der Waals surface area contributed by atoms with Gasteiger partial charge in [0.25, 0.3) is 0 Å². The molecule has 92 valence electrons. The Balaban J connectivity index is 2.16. The van der Waals surface area contributed by atoms with Gasteiger partial charge in [0, 0.05) is 18.8 Å². The number of ether oxygens (including phenoxy) is 2. The molecule has 1 rings (SSSR count). The molecule has 1 heterocycles. The molecule has 0 saturated carbocycles. The van der Waals surface area contributed by atoms with Crippen molar-refractivity contribution in [3.63, 3.8) is 0 Å². The SMILES string of the molecule is Cc1cc(OCCOCC(F)(F)F)nn1C. The van der Waals surface area contributed by atoms with E-state index < -0.39 is 12.8 Å². The van der Waals surface area contributed by atoms with Gasteiger partial charge in [0.2, 0.25) is 5.88 Å². The van der Waals surface area contributed by atoms with Gasteiger partial charge in [0.05, 0.1) is 6.61 Å². The molecule has 1 aromatic heterocycles. The molecule has 0 aliphatic rings. The summed E-state index contributed by atoms with van der Waals surface area (Å²) >= 11 is 0. The van der Waals surface area contributed by atoms with Crippen molar-refractivity contribution in [2.75, 3.05) is 19.8 Å². The largest absolute Gasteiger partial charge is 0.474 e. The summed E-state index contributed by atoms with van der Waals surface area (Å²) in [6, 6.07) is 1.70. The average Bonchev–Trinajstić information content (AvgIpc) is 2.44. The van der Waals surface area contributed by atoms with E-state index in [0.717, 1.165) is 5.69 Å². The third-order valence-electron chi connectivity index (χ3n) is 1.83. The quantitative estimate of drug-likeness (QED) is 0.732. The molecule has 0 radical (unpaired) electrons. The maximum atomic E-state index is 11.7. The second-order valence-corrected chi connectivity index (χ2v) is 3.26. The van der Waals surface area contributed by atoms with Crippen molar-refractivity contribution in [1.29, 1.82) is 0 Å². The second-order valence-electron chi connectivity index (χ2n) is 3.26. The lowest BCUT2D eigenvalue weighted by molar-refractivity contribution is -0.175. The summed E-state index contributed by atoms with van der Waals surface area (Å²) in [6.45, 7) is 0.527. The molecule has 0 aliphatic heterocycles. The second kappa shape index (κ2) is 5.20. The molecule has 0 unspecified atom stereocenters. The lowest BCUT2D eigenvalue weighted by Crippen LogP contribution is -2.19. The summed E-state index contributed by atoms with van der Waals surface area (Å²) in [4.78, 5) is 0. The summed E-state index contributed by atoms with van der Waals surface area (Å²) in [6.07, 6.45) is -4.29. The highest BCUT2D eigenvalue weighted by molar-refractivity contribution is 5.13. The van der Waals surface area contributed by atoms with Gasteiger partial charge in [-0.25, -0.2) is 0 Å². The van der Waals surface area contributed by atoms with E-state index in [1.165, 1.54) is 0 Å². The molecule has 16 heavy (non-hydrogen) atoms. The summed E-state index contributed by atoms with van der Waals surface area (Å²) in [5.41, 5.74) is 0.909. The van der Waals surface area contributed by atoms with Gasteiger partial charge < -0.3 is 9.47 Å². The molecule has 0 atom stereocenters. The minimum Gasteiger partial charge on any atom is -0.474 e. The summed E-state index contributed by atoms with van der Waals surface area (Å²) in [5.74, 6) is 0.385. The normalized spacial score (nSPS) is 11.8. The molecule has 0 aliphatic carbocycles. The molecule has 0 fully saturated rings. The van der Waals surface area contributed by atoms with Crippen LogP contribution in [-0.4, -0.2) is 35.8 Å². The van der Waals surface area contributed by atoms with Crippen LogP contribution in [0.2, 0.25) is 0 Å². The van der Waals surface area contributed by atoms with Crippen molar-refractivity contribution in [3.8, 4) is 5.88 Å². The molecule has 0 N–H and O–H groups in total. The topological polar surface area (TPSA) is 36.3 Å². The van der Waals surface area contributed by atoms with E-state index in [0.29, 0.717) is 5.88 Å². The Morgan fingerprint density at radius 1 is 1.38 bits per heavy atom. The number of hydrogen-bond donors (Lipinski definition) is 0. The standard InChI is InChI=1S/C9H13F3N2O2/c1-7-5-8(13-14(7)2)16-4-3-15-6-9(10,11)12/h5H,3-4,6H2,1-2H3. The highest BCUT2D eigenvalue weighted by Crippen LogP contribution is 2.14. The van der Waals surface area contributed by atoms with Gasteiger partial charge in [0.1, 0.15) is 13.2 Å². The zero-order chi connectivity index (χ0) is 12.2. The smallest absolute Gasteiger partial charge is 0.411 e. The van der Waals surface area contributed by atoms with Crippen LogP contribution in [0.4, 0.5) is 13.2 Å². The highest BCUT2D eigenvalue weighted by atomic mass is 19.4. The Hall–Kier alpha value is -1.24. The Labute approximate surface area is 91.0 Å². The summed E-state index contributed by atoms with van der Waals surface area (Å²) < 4.78 is 46.1. The summed E-state index contributed by atoms with van der Waals surface area (Å²) in [5, 5.41) is 3.97. The van der Waals surface area contributed by atoms with E-state index in [2.05, 4.69) is 9.84 Å². The van der Waals surface area contributed by atoms with Gasteiger partial charge in [-0.15, -0.1) is 5.10 Å². The monoisotopic (exact) mass is 238 g/mol.